The first-order valence-corrected chi connectivity index (χ1v) is 9.01. The molecule has 0 aliphatic carbocycles. The molecule has 1 aromatic carbocycles. The molecule has 0 bridgehead atoms. The second-order valence-corrected chi connectivity index (χ2v) is 6.07. The van der Waals surface area contributed by atoms with E-state index in [4.69, 9.17) is 14.2 Å². The summed E-state index contributed by atoms with van der Waals surface area (Å²) in [5.74, 6) is 1.10. The number of ether oxygens (including phenoxy) is 3. The van der Waals surface area contributed by atoms with Gasteiger partial charge >= 0.3 is 12.0 Å². The summed E-state index contributed by atoms with van der Waals surface area (Å²) in [6.45, 7) is 3.60. The zero-order valence-corrected chi connectivity index (χ0v) is 15.6. The number of hydrogen-bond acceptors (Lipinski definition) is 6. The van der Waals surface area contributed by atoms with Gasteiger partial charge in [0.2, 0.25) is 5.88 Å². The van der Waals surface area contributed by atoms with Crippen LogP contribution in [0.25, 0.3) is 0 Å². The van der Waals surface area contributed by atoms with Crippen LogP contribution >= 0.6 is 0 Å². The van der Waals surface area contributed by atoms with Crippen molar-refractivity contribution in [3.05, 3.63) is 36.5 Å². The average Bonchev–Trinajstić information content (AvgIpc) is 2.70. The van der Waals surface area contributed by atoms with Crippen molar-refractivity contribution in [2.75, 3.05) is 32.1 Å². The number of rotatable bonds is 6. The number of para-hydroxylation sites is 2. The van der Waals surface area contributed by atoms with E-state index >= 15 is 0 Å². The molecule has 2 heterocycles. The fourth-order valence-corrected chi connectivity index (χ4v) is 2.92. The SMILES string of the molecule is CCOc1ccccc1NC(=O)N1CCCC(Oc2ccnc(OC)n2)C1. The Bertz CT molecular complexity index is 771. The summed E-state index contributed by atoms with van der Waals surface area (Å²) < 4.78 is 16.5. The number of carbonyl (C=O) groups is 1. The van der Waals surface area contributed by atoms with Gasteiger partial charge in [-0.15, -0.1) is 0 Å². The summed E-state index contributed by atoms with van der Waals surface area (Å²) in [6, 6.07) is 9.17. The number of hydrogen-bond donors (Lipinski definition) is 1. The van der Waals surface area contributed by atoms with E-state index in [0.717, 1.165) is 12.8 Å². The third-order valence-electron chi connectivity index (χ3n) is 4.17. The van der Waals surface area contributed by atoms with Gasteiger partial charge in [0, 0.05) is 18.8 Å². The topological polar surface area (TPSA) is 85.8 Å². The molecule has 27 heavy (non-hydrogen) atoms. The lowest BCUT2D eigenvalue weighted by molar-refractivity contribution is 0.102. The van der Waals surface area contributed by atoms with Gasteiger partial charge in [-0.3, -0.25) is 0 Å². The maximum absolute atomic E-state index is 12.7. The minimum atomic E-state index is -0.171. The second kappa shape index (κ2) is 9.07. The van der Waals surface area contributed by atoms with Crippen molar-refractivity contribution in [3.8, 4) is 17.6 Å². The molecule has 1 aliphatic heterocycles. The van der Waals surface area contributed by atoms with Crippen LogP contribution in [0.15, 0.2) is 36.5 Å². The molecule has 8 nitrogen and oxygen atoms in total. The van der Waals surface area contributed by atoms with Crippen LogP contribution in [-0.4, -0.2) is 53.8 Å². The number of carbonyl (C=O) groups excluding carboxylic acids is 1. The van der Waals surface area contributed by atoms with Crippen molar-refractivity contribution in [2.45, 2.75) is 25.9 Å². The van der Waals surface area contributed by atoms with Crippen LogP contribution in [0.4, 0.5) is 10.5 Å². The lowest BCUT2D eigenvalue weighted by Crippen LogP contribution is -2.46. The zero-order chi connectivity index (χ0) is 19.1. The van der Waals surface area contributed by atoms with Gasteiger partial charge in [-0.05, 0) is 31.9 Å². The van der Waals surface area contributed by atoms with Crippen molar-refractivity contribution in [3.63, 3.8) is 0 Å². The van der Waals surface area contributed by atoms with Crippen LogP contribution in [0.1, 0.15) is 19.8 Å². The predicted molar refractivity (Wildman–Crippen MR) is 100 cm³/mol. The number of amides is 2. The van der Waals surface area contributed by atoms with Crippen molar-refractivity contribution >= 4 is 11.7 Å². The standard InChI is InChI=1S/C19H24N4O4/c1-3-26-16-9-5-4-8-15(16)21-19(24)23-12-6-7-14(13-23)27-17-10-11-20-18(22-17)25-2/h4-5,8-11,14H,3,6-7,12-13H2,1-2H3,(H,21,24). The van der Waals surface area contributed by atoms with Crippen molar-refractivity contribution in [2.24, 2.45) is 0 Å². The molecule has 0 radical (unpaired) electrons. The predicted octanol–water partition coefficient (Wildman–Crippen LogP) is 2.96. The molecular formula is C19H24N4O4. The monoisotopic (exact) mass is 372 g/mol. The Labute approximate surface area is 158 Å². The molecule has 0 spiro atoms. The fraction of sp³-hybridized carbons (Fsp3) is 0.421. The highest BCUT2D eigenvalue weighted by atomic mass is 16.5. The van der Waals surface area contributed by atoms with Crippen LogP contribution in [0, 0.1) is 0 Å². The van der Waals surface area contributed by atoms with E-state index in [1.165, 1.54) is 7.11 Å². The van der Waals surface area contributed by atoms with Crippen molar-refractivity contribution < 1.29 is 19.0 Å². The van der Waals surface area contributed by atoms with Crippen molar-refractivity contribution in [1.82, 2.24) is 14.9 Å². The number of benzene rings is 1. The van der Waals surface area contributed by atoms with Gasteiger partial charge in [-0.1, -0.05) is 12.1 Å². The van der Waals surface area contributed by atoms with Crippen LogP contribution in [0.3, 0.4) is 0 Å². The molecule has 1 N–H and O–H groups in total. The molecule has 2 amide bonds. The summed E-state index contributed by atoms with van der Waals surface area (Å²) in [7, 11) is 1.51. The minimum absolute atomic E-state index is 0.133. The first kappa shape index (κ1) is 18.8. The van der Waals surface area contributed by atoms with E-state index in [-0.39, 0.29) is 18.1 Å². The molecule has 0 saturated carbocycles. The van der Waals surface area contributed by atoms with Crippen LogP contribution < -0.4 is 19.5 Å². The highest BCUT2D eigenvalue weighted by Gasteiger charge is 2.26. The van der Waals surface area contributed by atoms with E-state index < -0.39 is 0 Å². The van der Waals surface area contributed by atoms with E-state index in [1.54, 1.807) is 17.2 Å². The Kier molecular flexibility index (Phi) is 6.30. The zero-order valence-electron chi connectivity index (χ0n) is 15.6. The van der Waals surface area contributed by atoms with Crippen molar-refractivity contribution in [1.29, 1.82) is 0 Å². The summed E-state index contributed by atoms with van der Waals surface area (Å²) in [5.41, 5.74) is 0.660. The number of urea groups is 1. The van der Waals surface area contributed by atoms with Gasteiger partial charge in [-0.25, -0.2) is 9.78 Å². The number of anilines is 1. The molecule has 3 rings (SSSR count). The maximum atomic E-state index is 12.7. The number of methoxy groups -OCH3 is 1. The van der Waals surface area contributed by atoms with Gasteiger partial charge in [0.15, 0.2) is 0 Å². The van der Waals surface area contributed by atoms with E-state index in [1.807, 2.05) is 31.2 Å². The molecule has 1 fully saturated rings. The summed E-state index contributed by atoms with van der Waals surface area (Å²) >= 11 is 0. The fourth-order valence-electron chi connectivity index (χ4n) is 2.92. The lowest BCUT2D eigenvalue weighted by atomic mass is 10.1. The first-order chi connectivity index (χ1) is 13.2. The average molecular weight is 372 g/mol. The second-order valence-electron chi connectivity index (χ2n) is 6.07. The number of piperidine rings is 1. The number of nitrogens with zero attached hydrogens (tertiary/aromatic N) is 3. The number of nitrogens with one attached hydrogen (secondary N) is 1. The Morgan fingerprint density at radius 1 is 1.33 bits per heavy atom. The molecule has 1 atom stereocenters. The van der Waals surface area contributed by atoms with Crippen LogP contribution in [-0.2, 0) is 0 Å². The Hall–Kier alpha value is -3.03. The maximum Gasteiger partial charge on any atom is 0.322 e. The van der Waals surface area contributed by atoms with Gasteiger partial charge in [-0.2, -0.15) is 4.98 Å². The quantitative estimate of drug-likeness (QED) is 0.839. The van der Waals surface area contributed by atoms with E-state index in [0.29, 0.717) is 37.0 Å². The molecule has 1 unspecified atom stereocenters. The first-order valence-electron chi connectivity index (χ1n) is 9.01. The Balaban J connectivity index is 1.61. The van der Waals surface area contributed by atoms with E-state index in [2.05, 4.69) is 15.3 Å². The smallest absolute Gasteiger partial charge is 0.322 e. The molecule has 8 heteroatoms. The lowest BCUT2D eigenvalue weighted by Gasteiger charge is -2.32. The van der Waals surface area contributed by atoms with Crippen LogP contribution in [0.5, 0.6) is 17.6 Å². The molecule has 1 aliphatic rings. The third kappa shape index (κ3) is 4.99. The summed E-state index contributed by atoms with van der Waals surface area (Å²) in [4.78, 5) is 22.6. The highest BCUT2D eigenvalue weighted by Crippen LogP contribution is 2.25. The highest BCUT2D eigenvalue weighted by molar-refractivity contribution is 5.91. The minimum Gasteiger partial charge on any atom is -0.492 e. The summed E-state index contributed by atoms with van der Waals surface area (Å²) in [6.07, 6.45) is 3.16. The van der Waals surface area contributed by atoms with E-state index in [9.17, 15) is 4.79 Å². The van der Waals surface area contributed by atoms with Gasteiger partial charge < -0.3 is 24.4 Å². The summed E-state index contributed by atoms with van der Waals surface area (Å²) in [5, 5.41) is 2.93. The number of likely N-dealkylation sites (tertiary alicyclic amines) is 1. The molecule has 2 aromatic rings. The number of aromatic nitrogens is 2. The third-order valence-corrected chi connectivity index (χ3v) is 4.17. The largest absolute Gasteiger partial charge is 0.492 e. The van der Waals surface area contributed by atoms with Gasteiger partial charge in [0.1, 0.15) is 11.9 Å². The molecule has 144 valence electrons. The van der Waals surface area contributed by atoms with Gasteiger partial charge in [0.25, 0.3) is 0 Å². The Morgan fingerprint density at radius 2 is 2.19 bits per heavy atom. The molecular weight excluding hydrogens is 348 g/mol. The molecule has 1 saturated heterocycles. The Morgan fingerprint density at radius 3 is 3.00 bits per heavy atom. The van der Waals surface area contributed by atoms with Gasteiger partial charge in [0.05, 0.1) is 25.9 Å². The molecule has 1 aromatic heterocycles. The normalized spacial score (nSPS) is 16.5. The van der Waals surface area contributed by atoms with Crippen LogP contribution in [0.2, 0.25) is 0 Å².